The van der Waals surface area contributed by atoms with Crippen molar-refractivity contribution in [2.75, 3.05) is 0 Å². The number of nitrogens with one attached hydrogen (secondary N) is 1. The summed E-state index contributed by atoms with van der Waals surface area (Å²) in [6, 6.07) is 26.0. The summed E-state index contributed by atoms with van der Waals surface area (Å²) in [7, 11) is 0. The van der Waals surface area contributed by atoms with Crippen LogP contribution in [-0.4, -0.2) is 28.8 Å². The molecule has 0 saturated carbocycles. The Morgan fingerprint density at radius 1 is 0.778 bits per heavy atom. The van der Waals surface area contributed by atoms with Crippen molar-refractivity contribution in [3.63, 3.8) is 0 Å². The van der Waals surface area contributed by atoms with Gasteiger partial charge in [0.2, 0.25) is 11.8 Å². The van der Waals surface area contributed by atoms with Gasteiger partial charge in [0, 0.05) is 25.4 Å². The van der Waals surface area contributed by atoms with Gasteiger partial charge in [0.15, 0.2) is 0 Å². The zero-order valence-corrected chi connectivity index (χ0v) is 22.3. The molecule has 1 N–H and O–H groups in total. The number of hydrogen-bond donors (Lipinski definition) is 1. The molecule has 3 aromatic carbocycles. The summed E-state index contributed by atoms with van der Waals surface area (Å²) < 4.78 is 0. The number of carbonyl (C=O) groups is 2. The Morgan fingerprint density at radius 3 is 1.97 bits per heavy atom. The second-order valence-corrected chi connectivity index (χ2v) is 10.3. The number of nitrogens with zero attached hydrogens (tertiary/aromatic N) is 1. The normalized spacial score (nSPS) is 12.0. The molecule has 2 amide bonds. The average molecular weight is 485 g/mol. The van der Waals surface area contributed by atoms with Crippen LogP contribution in [0.1, 0.15) is 67.9 Å². The molecule has 4 heteroatoms. The van der Waals surface area contributed by atoms with Gasteiger partial charge >= 0.3 is 0 Å². The molecule has 0 radical (unpaired) electrons. The van der Waals surface area contributed by atoms with E-state index in [4.69, 9.17) is 0 Å². The van der Waals surface area contributed by atoms with E-state index in [0.29, 0.717) is 31.7 Å². The lowest BCUT2D eigenvalue weighted by atomic mass is 9.99. The first kappa shape index (κ1) is 27.2. The predicted octanol–water partition coefficient (Wildman–Crippen LogP) is 6.22. The summed E-state index contributed by atoms with van der Waals surface area (Å²) >= 11 is 0. The third-order valence-corrected chi connectivity index (χ3v) is 6.45. The molecule has 1 atom stereocenters. The van der Waals surface area contributed by atoms with Gasteiger partial charge in [0.05, 0.1) is 0 Å². The maximum atomic E-state index is 13.7. The fourth-order valence-corrected chi connectivity index (χ4v) is 4.29. The highest BCUT2D eigenvalue weighted by Crippen LogP contribution is 2.19. The Labute approximate surface area is 216 Å². The van der Waals surface area contributed by atoms with Crippen molar-refractivity contribution in [3.8, 4) is 0 Å². The van der Waals surface area contributed by atoms with Gasteiger partial charge in [-0.2, -0.15) is 0 Å². The SMILES string of the molecule is Cc1ccc(CN(C(=O)CCc2ccc(C(C)C)cc2)[C@H](Cc2ccccc2)C(=O)NC(C)C)cc1. The van der Waals surface area contributed by atoms with Crippen LogP contribution in [0.3, 0.4) is 0 Å². The van der Waals surface area contributed by atoms with Crippen LogP contribution >= 0.6 is 0 Å². The van der Waals surface area contributed by atoms with Crippen molar-refractivity contribution in [1.82, 2.24) is 10.2 Å². The molecule has 4 nitrogen and oxygen atoms in total. The van der Waals surface area contributed by atoms with Gasteiger partial charge in [0.25, 0.3) is 0 Å². The summed E-state index contributed by atoms with van der Waals surface area (Å²) in [6.07, 6.45) is 1.47. The highest BCUT2D eigenvalue weighted by molar-refractivity contribution is 5.88. The van der Waals surface area contributed by atoms with E-state index in [1.807, 2.05) is 63.2 Å². The third kappa shape index (κ3) is 8.08. The smallest absolute Gasteiger partial charge is 0.243 e. The molecule has 0 spiro atoms. The van der Waals surface area contributed by atoms with Crippen molar-refractivity contribution in [1.29, 1.82) is 0 Å². The van der Waals surface area contributed by atoms with Crippen LogP contribution in [0.25, 0.3) is 0 Å². The summed E-state index contributed by atoms with van der Waals surface area (Å²) in [5.41, 5.74) is 5.64. The molecule has 0 unspecified atom stereocenters. The maximum Gasteiger partial charge on any atom is 0.243 e. The van der Waals surface area contributed by atoms with Crippen LogP contribution in [0.5, 0.6) is 0 Å². The molecule has 0 aliphatic rings. The minimum absolute atomic E-state index is 0.00780. The zero-order chi connectivity index (χ0) is 26.1. The largest absolute Gasteiger partial charge is 0.352 e. The summed E-state index contributed by atoms with van der Waals surface area (Å²) in [6.45, 7) is 10.7. The van der Waals surface area contributed by atoms with Crippen molar-refractivity contribution < 1.29 is 9.59 Å². The van der Waals surface area contributed by atoms with Gasteiger partial charge in [0.1, 0.15) is 6.04 Å². The number of carbonyl (C=O) groups excluding carboxylic acids is 2. The second-order valence-electron chi connectivity index (χ2n) is 10.3. The van der Waals surface area contributed by atoms with Crippen LogP contribution in [0.2, 0.25) is 0 Å². The third-order valence-electron chi connectivity index (χ3n) is 6.45. The Kier molecular flexibility index (Phi) is 9.86. The van der Waals surface area contributed by atoms with E-state index < -0.39 is 6.04 Å². The number of amides is 2. The highest BCUT2D eigenvalue weighted by Gasteiger charge is 2.30. The summed E-state index contributed by atoms with van der Waals surface area (Å²) in [5.74, 6) is 0.350. The van der Waals surface area contributed by atoms with Crippen LogP contribution < -0.4 is 5.32 Å². The molecular formula is C32H40N2O2. The molecule has 3 rings (SSSR count). The van der Waals surface area contributed by atoms with Gasteiger partial charge in [-0.3, -0.25) is 9.59 Å². The lowest BCUT2D eigenvalue weighted by Gasteiger charge is -2.32. The first-order valence-electron chi connectivity index (χ1n) is 13.0. The van der Waals surface area contributed by atoms with E-state index in [-0.39, 0.29) is 17.9 Å². The van der Waals surface area contributed by atoms with Crippen LogP contribution in [0.4, 0.5) is 0 Å². The Bertz CT molecular complexity index is 1100. The van der Waals surface area contributed by atoms with Gasteiger partial charge in [-0.05, 0) is 55.4 Å². The minimum atomic E-state index is -0.591. The van der Waals surface area contributed by atoms with Crippen molar-refractivity contribution in [2.24, 2.45) is 0 Å². The number of aryl methyl sites for hydroxylation is 2. The van der Waals surface area contributed by atoms with Gasteiger partial charge in [-0.25, -0.2) is 0 Å². The summed E-state index contributed by atoms with van der Waals surface area (Å²) in [5, 5.41) is 3.05. The number of hydrogen-bond acceptors (Lipinski definition) is 2. The van der Waals surface area contributed by atoms with Crippen molar-refractivity contribution >= 4 is 11.8 Å². The van der Waals surface area contributed by atoms with E-state index >= 15 is 0 Å². The fourth-order valence-electron chi connectivity index (χ4n) is 4.29. The molecule has 190 valence electrons. The van der Waals surface area contributed by atoms with E-state index in [9.17, 15) is 9.59 Å². The molecule has 0 fully saturated rings. The van der Waals surface area contributed by atoms with E-state index in [2.05, 4.69) is 55.6 Å². The molecule has 0 saturated heterocycles. The van der Waals surface area contributed by atoms with Gasteiger partial charge in [-0.15, -0.1) is 0 Å². The molecule has 0 aliphatic heterocycles. The Balaban J connectivity index is 1.87. The van der Waals surface area contributed by atoms with Gasteiger partial charge in [-0.1, -0.05) is 98.3 Å². The van der Waals surface area contributed by atoms with Gasteiger partial charge < -0.3 is 10.2 Å². The number of benzene rings is 3. The summed E-state index contributed by atoms with van der Waals surface area (Å²) in [4.78, 5) is 28.9. The first-order valence-corrected chi connectivity index (χ1v) is 13.0. The quantitative estimate of drug-likeness (QED) is 0.351. The number of rotatable bonds is 11. The Hall–Kier alpha value is -3.40. The van der Waals surface area contributed by atoms with E-state index in [1.54, 1.807) is 4.90 Å². The minimum Gasteiger partial charge on any atom is -0.352 e. The predicted molar refractivity (Wildman–Crippen MR) is 148 cm³/mol. The molecule has 36 heavy (non-hydrogen) atoms. The lowest BCUT2D eigenvalue weighted by Crippen LogP contribution is -2.51. The standard InChI is InChI=1S/C32H40N2O2/c1-23(2)29-18-15-26(16-19-29)17-20-31(35)34(22-28-13-11-25(5)12-14-28)30(32(36)33-24(3)4)21-27-9-7-6-8-10-27/h6-16,18-19,23-24,30H,17,20-22H2,1-5H3,(H,33,36)/t30-/m1/s1. The first-order chi connectivity index (χ1) is 17.2. The Morgan fingerprint density at radius 2 is 1.39 bits per heavy atom. The van der Waals surface area contributed by atoms with Crippen LogP contribution in [-0.2, 0) is 29.0 Å². The second kappa shape index (κ2) is 13.1. The van der Waals surface area contributed by atoms with Crippen molar-refractivity contribution in [2.45, 2.75) is 78.4 Å². The van der Waals surface area contributed by atoms with E-state index in [1.165, 1.54) is 11.1 Å². The topological polar surface area (TPSA) is 49.4 Å². The monoisotopic (exact) mass is 484 g/mol. The van der Waals surface area contributed by atoms with E-state index in [0.717, 1.165) is 16.7 Å². The highest BCUT2D eigenvalue weighted by atomic mass is 16.2. The van der Waals surface area contributed by atoms with Crippen LogP contribution in [0.15, 0.2) is 78.9 Å². The van der Waals surface area contributed by atoms with Crippen LogP contribution in [0, 0.1) is 6.92 Å². The molecule has 0 bridgehead atoms. The average Bonchev–Trinajstić information content (AvgIpc) is 2.86. The maximum absolute atomic E-state index is 13.7. The molecule has 0 aliphatic carbocycles. The molecular weight excluding hydrogens is 444 g/mol. The zero-order valence-electron chi connectivity index (χ0n) is 22.3. The van der Waals surface area contributed by atoms with Crippen molar-refractivity contribution in [3.05, 3.63) is 107 Å². The molecule has 0 aromatic heterocycles. The fraction of sp³-hybridized carbons (Fsp3) is 0.375. The molecule has 3 aromatic rings. The molecule has 0 heterocycles. The lowest BCUT2D eigenvalue weighted by molar-refractivity contribution is -0.141.